The van der Waals surface area contributed by atoms with Crippen molar-refractivity contribution in [3.63, 3.8) is 0 Å². The smallest absolute Gasteiger partial charge is 0.228 e. The molecule has 0 rings (SSSR count). The minimum absolute atomic E-state index is 0.0890. The van der Waals surface area contributed by atoms with Crippen LogP contribution in [-0.4, -0.2) is 12.1 Å². The minimum Gasteiger partial charge on any atom is -0.402 e. The molecular formula is C9H15N3O. The molecule has 72 valence electrons. The third-order valence-corrected chi connectivity index (χ3v) is 1.25. The van der Waals surface area contributed by atoms with Crippen molar-refractivity contribution in [2.75, 3.05) is 0 Å². The van der Waals surface area contributed by atoms with Crippen molar-refractivity contribution in [3.05, 3.63) is 24.7 Å². The van der Waals surface area contributed by atoms with Crippen LogP contribution in [0.25, 0.3) is 0 Å². The van der Waals surface area contributed by atoms with Crippen LogP contribution in [0.3, 0.4) is 0 Å². The van der Waals surface area contributed by atoms with Crippen LogP contribution >= 0.6 is 0 Å². The van der Waals surface area contributed by atoms with Gasteiger partial charge < -0.3 is 11.1 Å². The van der Waals surface area contributed by atoms with Gasteiger partial charge in [0.2, 0.25) is 5.91 Å². The lowest BCUT2D eigenvalue weighted by atomic mass is 10.2. The van der Waals surface area contributed by atoms with Crippen LogP contribution in [0.15, 0.2) is 29.7 Å². The van der Waals surface area contributed by atoms with E-state index in [1.165, 1.54) is 18.5 Å². The number of hydrogen-bond donors (Lipinski definition) is 2. The molecule has 13 heavy (non-hydrogen) atoms. The van der Waals surface area contributed by atoms with Gasteiger partial charge in [0.1, 0.15) is 5.82 Å². The highest BCUT2D eigenvalue weighted by atomic mass is 16.1. The quantitative estimate of drug-likeness (QED) is 0.629. The van der Waals surface area contributed by atoms with E-state index in [4.69, 9.17) is 5.73 Å². The summed E-state index contributed by atoms with van der Waals surface area (Å²) in [6.45, 7) is 7.04. The normalized spacial score (nSPS) is 12.1. The first kappa shape index (κ1) is 11.4. The molecule has 0 aromatic carbocycles. The highest BCUT2D eigenvalue weighted by molar-refractivity contribution is 5.80. The summed E-state index contributed by atoms with van der Waals surface area (Å²) in [6, 6.07) is 0. The van der Waals surface area contributed by atoms with Gasteiger partial charge in [-0.15, -0.1) is 0 Å². The topological polar surface area (TPSA) is 67.5 Å². The number of aliphatic imine (C=N–C) groups is 1. The van der Waals surface area contributed by atoms with Crippen molar-refractivity contribution in [1.29, 1.82) is 0 Å². The summed E-state index contributed by atoms with van der Waals surface area (Å²) >= 11 is 0. The van der Waals surface area contributed by atoms with E-state index in [-0.39, 0.29) is 11.8 Å². The predicted octanol–water partition coefficient (Wildman–Crippen LogP) is 0.773. The first-order chi connectivity index (χ1) is 6.11. The van der Waals surface area contributed by atoms with E-state index in [2.05, 4.69) is 16.9 Å². The zero-order valence-corrected chi connectivity index (χ0v) is 7.95. The second kappa shape index (κ2) is 5.99. The number of rotatable bonds is 4. The van der Waals surface area contributed by atoms with Crippen LogP contribution in [0.2, 0.25) is 0 Å². The van der Waals surface area contributed by atoms with Gasteiger partial charge in [0.25, 0.3) is 0 Å². The van der Waals surface area contributed by atoms with E-state index in [0.29, 0.717) is 5.82 Å². The highest BCUT2D eigenvalue weighted by Gasteiger charge is 2.06. The maximum absolute atomic E-state index is 11.2. The Morgan fingerprint density at radius 3 is 2.62 bits per heavy atom. The summed E-state index contributed by atoms with van der Waals surface area (Å²) in [5.74, 6) is 0.130. The molecular weight excluding hydrogens is 166 g/mol. The Morgan fingerprint density at radius 1 is 1.62 bits per heavy atom. The molecule has 0 aliphatic heterocycles. The van der Waals surface area contributed by atoms with Crippen LogP contribution in [0.1, 0.15) is 13.8 Å². The third kappa shape index (κ3) is 4.79. The summed E-state index contributed by atoms with van der Waals surface area (Å²) in [5.41, 5.74) is 5.24. The van der Waals surface area contributed by atoms with Gasteiger partial charge in [0.05, 0.1) is 0 Å². The Morgan fingerprint density at radius 2 is 2.23 bits per heavy atom. The average Bonchev–Trinajstić information content (AvgIpc) is 2.11. The summed E-state index contributed by atoms with van der Waals surface area (Å²) in [5, 5.41) is 2.55. The molecule has 0 aliphatic carbocycles. The molecule has 0 saturated carbocycles. The average molecular weight is 181 g/mol. The van der Waals surface area contributed by atoms with E-state index in [1.807, 2.05) is 0 Å². The number of allylic oxidation sites excluding steroid dienone is 1. The fourth-order valence-electron chi connectivity index (χ4n) is 0.521. The van der Waals surface area contributed by atoms with Crippen molar-refractivity contribution < 1.29 is 4.79 Å². The molecule has 0 atom stereocenters. The van der Waals surface area contributed by atoms with E-state index < -0.39 is 0 Å². The van der Waals surface area contributed by atoms with Crippen molar-refractivity contribution in [3.8, 4) is 0 Å². The van der Waals surface area contributed by atoms with Crippen LogP contribution < -0.4 is 11.1 Å². The lowest BCUT2D eigenvalue weighted by Crippen LogP contribution is -2.27. The standard InChI is InChI=1S/C9H15N3O/c1-4-5-11-8(6-10)12-9(13)7(2)3/h4-7H,1,10H2,2-3H3,(H,12,13)/b8-6+,11-5?. The Kier molecular flexibility index (Phi) is 5.27. The van der Waals surface area contributed by atoms with Gasteiger partial charge in [-0.1, -0.05) is 26.5 Å². The van der Waals surface area contributed by atoms with Gasteiger partial charge in [0, 0.05) is 18.3 Å². The van der Waals surface area contributed by atoms with Crippen molar-refractivity contribution in [2.24, 2.45) is 16.6 Å². The lowest BCUT2D eigenvalue weighted by Gasteiger charge is -2.06. The molecule has 4 heteroatoms. The molecule has 0 bridgehead atoms. The van der Waals surface area contributed by atoms with E-state index in [1.54, 1.807) is 13.8 Å². The van der Waals surface area contributed by atoms with E-state index >= 15 is 0 Å². The molecule has 0 fully saturated rings. The van der Waals surface area contributed by atoms with Gasteiger partial charge >= 0.3 is 0 Å². The molecule has 0 radical (unpaired) electrons. The Hall–Kier alpha value is -1.58. The number of nitrogens with two attached hydrogens (primary N) is 1. The molecule has 0 aromatic rings. The zero-order chi connectivity index (χ0) is 10.3. The van der Waals surface area contributed by atoms with Gasteiger partial charge in [0.15, 0.2) is 0 Å². The predicted molar refractivity (Wildman–Crippen MR) is 53.9 cm³/mol. The maximum atomic E-state index is 11.2. The molecule has 0 aliphatic rings. The third-order valence-electron chi connectivity index (χ3n) is 1.25. The molecule has 4 nitrogen and oxygen atoms in total. The van der Waals surface area contributed by atoms with E-state index in [0.717, 1.165) is 0 Å². The van der Waals surface area contributed by atoms with Crippen molar-refractivity contribution >= 4 is 12.1 Å². The summed E-state index contributed by atoms with van der Waals surface area (Å²) < 4.78 is 0. The number of nitrogens with zero attached hydrogens (tertiary/aromatic N) is 1. The first-order valence-corrected chi connectivity index (χ1v) is 3.99. The monoisotopic (exact) mass is 181 g/mol. The van der Waals surface area contributed by atoms with Crippen LogP contribution in [0, 0.1) is 5.92 Å². The number of carbonyl (C=O) groups is 1. The second-order valence-corrected chi connectivity index (χ2v) is 2.71. The first-order valence-electron chi connectivity index (χ1n) is 3.99. The maximum Gasteiger partial charge on any atom is 0.228 e. The number of carbonyl (C=O) groups excluding carboxylic acids is 1. The van der Waals surface area contributed by atoms with Crippen molar-refractivity contribution in [2.45, 2.75) is 13.8 Å². The Balaban J connectivity index is 4.23. The zero-order valence-electron chi connectivity index (χ0n) is 7.95. The fourth-order valence-corrected chi connectivity index (χ4v) is 0.521. The van der Waals surface area contributed by atoms with Gasteiger partial charge in [-0.2, -0.15) is 0 Å². The molecule has 1 amide bonds. The number of nitrogens with one attached hydrogen (secondary N) is 1. The van der Waals surface area contributed by atoms with Crippen LogP contribution in [0.4, 0.5) is 0 Å². The highest BCUT2D eigenvalue weighted by Crippen LogP contribution is 1.95. The van der Waals surface area contributed by atoms with Gasteiger partial charge in [-0.3, -0.25) is 4.79 Å². The van der Waals surface area contributed by atoms with Gasteiger partial charge in [-0.05, 0) is 0 Å². The summed E-state index contributed by atoms with van der Waals surface area (Å²) in [6.07, 6.45) is 4.20. The Labute approximate surface area is 78.2 Å². The second-order valence-electron chi connectivity index (χ2n) is 2.71. The molecule has 0 saturated heterocycles. The summed E-state index contributed by atoms with van der Waals surface area (Å²) in [4.78, 5) is 15.0. The van der Waals surface area contributed by atoms with Crippen LogP contribution in [-0.2, 0) is 4.79 Å². The van der Waals surface area contributed by atoms with E-state index in [9.17, 15) is 4.79 Å². The molecule has 3 N–H and O–H groups in total. The van der Waals surface area contributed by atoms with Crippen LogP contribution in [0.5, 0.6) is 0 Å². The molecule has 0 unspecified atom stereocenters. The van der Waals surface area contributed by atoms with Crippen molar-refractivity contribution in [1.82, 2.24) is 5.32 Å². The minimum atomic E-state index is -0.113. The largest absolute Gasteiger partial charge is 0.402 e. The number of amides is 1. The molecule has 0 aromatic heterocycles. The van der Waals surface area contributed by atoms with Gasteiger partial charge in [-0.25, -0.2) is 4.99 Å². The fraction of sp³-hybridized carbons (Fsp3) is 0.333. The molecule has 0 spiro atoms. The summed E-state index contributed by atoms with van der Waals surface area (Å²) in [7, 11) is 0. The molecule has 0 heterocycles. The number of hydrogen-bond acceptors (Lipinski definition) is 3. The lowest BCUT2D eigenvalue weighted by molar-refractivity contribution is -0.123. The SMILES string of the molecule is C=CC=N/C(=C\N)NC(=O)C(C)C. The Bertz CT molecular complexity index is 241.